The fourth-order valence-electron chi connectivity index (χ4n) is 3.66. The Morgan fingerprint density at radius 1 is 1.10 bits per heavy atom. The van der Waals surface area contributed by atoms with Crippen molar-refractivity contribution in [2.45, 2.75) is 32.8 Å². The van der Waals surface area contributed by atoms with E-state index in [1.165, 1.54) is 0 Å². The highest BCUT2D eigenvalue weighted by molar-refractivity contribution is 5.96. The summed E-state index contributed by atoms with van der Waals surface area (Å²) in [5, 5.41) is 14.7. The van der Waals surface area contributed by atoms with Crippen LogP contribution in [0.2, 0.25) is 0 Å². The molecule has 0 fully saturated rings. The van der Waals surface area contributed by atoms with Crippen molar-refractivity contribution in [3.05, 3.63) is 81.4 Å². The summed E-state index contributed by atoms with van der Waals surface area (Å²) in [6.07, 6.45) is 1.29. The van der Waals surface area contributed by atoms with Crippen molar-refractivity contribution in [2.75, 3.05) is 6.54 Å². The van der Waals surface area contributed by atoms with Gasteiger partial charge in [-0.1, -0.05) is 30.3 Å². The molecule has 0 aliphatic heterocycles. The van der Waals surface area contributed by atoms with Gasteiger partial charge >= 0.3 is 5.63 Å². The predicted molar refractivity (Wildman–Crippen MR) is 114 cm³/mol. The highest BCUT2D eigenvalue weighted by Gasteiger charge is 2.16. The Labute approximate surface area is 173 Å². The Balaban J connectivity index is 1.48. The van der Waals surface area contributed by atoms with Gasteiger partial charge in [0.1, 0.15) is 11.2 Å². The molecular weight excluding hydrogens is 382 g/mol. The summed E-state index contributed by atoms with van der Waals surface area (Å²) in [7, 11) is 0. The monoisotopic (exact) mass is 405 g/mol. The molecular formula is C24H23NO5. The molecule has 2 aromatic carbocycles. The second-order valence-corrected chi connectivity index (χ2v) is 7.49. The average Bonchev–Trinajstić information content (AvgIpc) is 3.11. The van der Waals surface area contributed by atoms with E-state index in [9.17, 15) is 14.7 Å². The standard InChI is InChI=1S/C24H23NO5/c1-14-13-29-21-11-22-19(10-18(14)21)15(2)17(24(28)30-22)8-9-23(27)25-12-20(26)16-6-4-3-5-7-16/h3-7,10-11,13,20,26H,8-9,12H2,1-2H3,(H,25,27)/t20-/m0/s1. The van der Waals surface area contributed by atoms with Crippen LogP contribution in [0.25, 0.3) is 21.9 Å². The number of amides is 1. The Morgan fingerprint density at radius 3 is 2.63 bits per heavy atom. The van der Waals surface area contributed by atoms with Crippen LogP contribution in [-0.2, 0) is 11.2 Å². The molecule has 30 heavy (non-hydrogen) atoms. The largest absolute Gasteiger partial charge is 0.464 e. The van der Waals surface area contributed by atoms with Crippen molar-refractivity contribution in [2.24, 2.45) is 0 Å². The third kappa shape index (κ3) is 3.86. The van der Waals surface area contributed by atoms with E-state index in [1.54, 1.807) is 24.5 Å². The zero-order valence-corrected chi connectivity index (χ0v) is 16.9. The maximum atomic E-state index is 12.5. The van der Waals surface area contributed by atoms with Gasteiger partial charge < -0.3 is 19.3 Å². The van der Waals surface area contributed by atoms with E-state index >= 15 is 0 Å². The number of nitrogens with one attached hydrogen (secondary N) is 1. The van der Waals surface area contributed by atoms with Crippen molar-refractivity contribution < 1.29 is 18.7 Å². The molecule has 6 nitrogen and oxygen atoms in total. The molecule has 0 aliphatic rings. The zero-order chi connectivity index (χ0) is 21.3. The number of carbonyl (C=O) groups excluding carboxylic acids is 1. The summed E-state index contributed by atoms with van der Waals surface area (Å²) >= 11 is 0. The number of carbonyl (C=O) groups is 1. The molecule has 1 amide bonds. The number of furan rings is 1. The molecule has 0 bridgehead atoms. The van der Waals surface area contributed by atoms with Crippen molar-refractivity contribution in [1.82, 2.24) is 5.32 Å². The first-order chi connectivity index (χ1) is 14.4. The Kier molecular flexibility index (Phi) is 5.42. The number of aryl methyl sites for hydroxylation is 2. The van der Waals surface area contributed by atoms with Crippen LogP contribution < -0.4 is 10.9 Å². The molecule has 0 aliphatic carbocycles. The van der Waals surface area contributed by atoms with Crippen molar-refractivity contribution in [3.8, 4) is 0 Å². The number of hydrogen-bond acceptors (Lipinski definition) is 5. The molecule has 4 aromatic rings. The highest BCUT2D eigenvalue weighted by atomic mass is 16.4. The van der Waals surface area contributed by atoms with Gasteiger partial charge in [-0.25, -0.2) is 4.79 Å². The number of benzene rings is 2. The third-order valence-electron chi connectivity index (χ3n) is 5.45. The van der Waals surface area contributed by atoms with Gasteiger partial charge in [-0.05, 0) is 43.0 Å². The summed E-state index contributed by atoms with van der Waals surface area (Å²) in [5.41, 5.74) is 3.74. The molecule has 4 rings (SSSR count). The van der Waals surface area contributed by atoms with Gasteiger partial charge in [0.25, 0.3) is 0 Å². The minimum absolute atomic E-state index is 0.117. The number of aliphatic hydroxyl groups is 1. The van der Waals surface area contributed by atoms with Crippen LogP contribution in [-0.4, -0.2) is 17.6 Å². The van der Waals surface area contributed by atoms with E-state index in [0.717, 1.165) is 27.5 Å². The fourth-order valence-corrected chi connectivity index (χ4v) is 3.66. The summed E-state index contributed by atoms with van der Waals surface area (Å²) in [4.78, 5) is 24.7. The number of rotatable bonds is 6. The molecule has 2 heterocycles. The Bertz CT molecular complexity index is 1270. The van der Waals surface area contributed by atoms with E-state index < -0.39 is 11.7 Å². The molecule has 6 heteroatoms. The second-order valence-electron chi connectivity index (χ2n) is 7.49. The maximum absolute atomic E-state index is 12.5. The lowest BCUT2D eigenvalue weighted by Crippen LogP contribution is -2.29. The first-order valence-electron chi connectivity index (χ1n) is 9.88. The van der Waals surface area contributed by atoms with Gasteiger partial charge in [0.2, 0.25) is 5.91 Å². The minimum atomic E-state index is -0.775. The molecule has 2 aromatic heterocycles. The molecule has 0 unspecified atom stereocenters. The van der Waals surface area contributed by atoms with E-state index in [2.05, 4.69) is 5.32 Å². The average molecular weight is 405 g/mol. The van der Waals surface area contributed by atoms with Crippen molar-refractivity contribution in [1.29, 1.82) is 0 Å². The molecule has 0 spiro atoms. The van der Waals surface area contributed by atoms with Gasteiger partial charge in [-0.2, -0.15) is 0 Å². The van der Waals surface area contributed by atoms with Crippen LogP contribution in [0.1, 0.15) is 34.8 Å². The van der Waals surface area contributed by atoms with Gasteiger partial charge in [-0.15, -0.1) is 0 Å². The first-order valence-corrected chi connectivity index (χ1v) is 9.88. The lowest BCUT2D eigenvalue weighted by molar-refractivity contribution is -0.121. The van der Waals surface area contributed by atoms with E-state index in [4.69, 9.17) is 8.83 Å². The zero-order valence-electron chi connectivity index (χ0n) is 16.9. The van der Waals surface area contributed by atoms with Gasteiger partial charge in [0.15, 0.2) is 0 Å². The summed E-state index contributed by atoms with van der Waals surface area (Å²) < 4.78 is 11.0. The van der Waals surface area contributed by atoms with E-state index in [0.29, 0.717) is 16.7 Å². The third-order valence-corrected chi connectivity index (χ3v) is 5.45. The predicted octanol–water partition coefficient (Wildman–Crippen LogP) is 3.94. The summed E-state index contributed by atoms with van der Waals surface area (Å²) in [6.45, 7) is 3.94. The van der Waals surface area contributed by atoms with Crippen LogP contribution in [0, 0.1) is 13.8 Å². The van der Waals surface area contributed by atoms with Crippen LogP contribution >= 0.6 is 0 Å². The first kappa shape index (κ1) is 19.9. The number of aliphatic hydroxyl groups excluding tert-OH is 1. The van der Waals surface area contributed by atoms with E-state index in [-0.39, 0.29) is 25.3 Å². The van der Waals surface area contributed by atoms with Crippen molar-refractivity contribution in [3.63, 3.8) is 0 Å². The van der Waals surface area contributed by atoms with Gasteiger partial charge in [-0.3, -0.25) is 4.79 Å². The molecule has 0 saturated heterocycles. The lowest BCUT2D eigenvalue weighted by Gasteiger charge is -2.12. The lowest BCUT2D eigenvalue weighted by atomic mass is 10.0. The second kappa shape index (κ2) is 8.16. The normalized spacial score (nSPS) is 12.4. The Morgan fingerprint density at radius 2 is 1.87 bits per heavy atom. The molecule has 0 radical (unpaired) electrons. The highest BCUT2D eigenvalue weighted by Crippen LogP contribution is 2.29. The molecule has 0 saturated carbocycles. The van der Waals surface area contributed by atoms with Crippen molar-refractivity contribution >= 4 is 27.8 Å². The van der Waals surface area contributed by atoms with Crippen LogP contribution in [0.5, 0.6) is 0 Å². The minimum Gasteiger partial charge on any atom is -0.464 e. The SMILES string of the molecule is Cc1coc2cc3oc(=O)c(CCC(=O)NC[C@H](O)c4ccccc4)c(C)c3cc12. The fraction of sp³-hybridized carbons (Fsp3) is 0.250. The van der Waals surface area contributed by atoms with Gasteiger partial charge in [0, 0.05) is 35.4 Å². The topological polar surface area (TPSA) is 92.7 Å². The molecule has 2 N–H and O–H groups in total. The van der Waals surface area contributed by atoms with Crippen LogP contribution in [0.15, 0.2) is 62.4 Å². The smallest absolute Gasteiger partial charge is 0.339 e. The van der Waals surface area contributed by atoms with Crippen LogP contribution in [0.3, 0.4) is 0 Å². The summed E-state index contributed by atoms with van der Waals surface area (Å²) in [5.74, 6) is -0.231. The molecule has 154 valence electrons. The Hall–Kier alpha value is -3.38. The van der Waals surface area contributed by atoms with Gasteiger partial charge in [0.05, 0.1) is 12.4 Å². The quantitative estimate of drug-likeness (QED) is 0.474. The molecule has 1 atom stereocenters. The number of hydrogen-bond donors (Lipinski definition) is 2. The van der Waals surface area contributed by atoms with E-state index in [1.807, 2.05) is 38.1 Å². The van der Waals surface area contributed by atoms with Crippen LogP contribution in [0.4, 0.5) is 0 Å². The number of fused-ring (bicyclic) bond motifs is 2. The summed E-state index contributed by atoms with van der Waals surface area (Å²) in [6, 6.07) is 12.8. The maximum Gasteiger partial charge on any atom is 0.339 e.